The van der Waals surface area contributed by atoms with Crippen LogP contribution < -0.4 is 20.1 Å². The molecule has 3 aromatic carbocycles. The van der Waals surface area contributed by atoms with E-state index in [2.05, 4.69) is 6.07 Å². The van der Waals surface area contributed by atoms with Crippen LogP contribution in [0.4, 0.5) is 11.4 Å². The van der Waals surface area contributed by atoms with Gasteiger partial charge >= 0.3 is 0 Å². The average Bonchev–Trinajstić information content (AvgIpc) is 2.95. The fourth-order valence-electron chi connectivity index (χ4n) is 6.13. The Kier molecular flexibility index (Phi) is 7.72. The van der Waals surface area contributed by atoms with Crippen molar-refractivity contribution < 1.29 is 19.2 Å². The molecule has 2 N–H and O–H groups in total. The Morgan fingerprint density at radius 2 is 1.77 bits per heavy atom. The molecular weight excluding hydrogens is 544 g/mol. The molecule has 1 heterocycles. The van der Waals surface area contributed by atoms with E-state index >= 15 is 0 Å². The summed E-state index contributed by atoms with van der Waals surface area (Å²) in [4.78, 5) is 26.4. The summed E-state index contributed by atoms with van der Waals surface area (Å²) in [5.74, 6) is 0.854. The maximum Gasteiger partial charge on any atom is 0.269 e. The monoisotopic (exact) mass is 578 g/mol. The average molecular weight is 579 g/mol. The molecule has 0 amide bonds. The van der Waals surface area contributed by atoms with Gasteiger partial charge < -0.3 is 15.2 Å². The van der Waals surface area contributed by atoms with E-state index in [1.54, 1.807) is 24.1 Å². The molecule has 0 radical (unpaired) electrons. The summed E-state index contributed by atoms with van der Waals surface area (Å²) in [7, 11) is 1.59. The zero-order chi connectivity index (χ0) is 31.1. The zero-order valence-corrected chi connectivity index (χ0v) is 24.9. The smallest absolute Gasteiger partial charge is 0.269 e. The zero-order valence-electron chi connectivity index (χ0n) is 24.9. The lowest BCUT2D eigenvalue weighted by Crippen LogP contribution is -2.42. The molecule has 1 aliphatic carbocycles. The molecule has 0 saturated carbocycles. The number of Topliss-reactive ketones (excluding diaryl/α,β-unsaturated/α-hetero) is 1. The van der Waals surface area contributed by atoms with Crippen LogP contribution in [0.2, 0.25) is 0 Å². The number of hydrogen-bond acceptors (Lipinski definition) is 8. The van der Waals surface area contributed by atoms with Crippen molar-refractivity contribution in [3.05, 3.63) is 116 Å². The highest BCUT2D eigenvalue weighted by molar-refractivity contribution is 6.01. The number of rotatable bonds is 7. The molecule has 2 aliphatic rings. The third-order valence-electron chi connectivity index (χ3n) is 8.12. The number of nitro benzene ring substituents is 1. The largest absolute Gasteiger partial charge is 0.496 e. The molecule has 3 aromatic rings. The van der Waals surface area contributed by atoms with Gasteiger partial charge in [-0.1, -0.05) is 38.1 Å². The van der Waals surface area contributed by atoms with Gasteiger partial charge in [-0.25, -0.2) is 0 Å². The molecule has 220 valence electrons. The second-order valence-electron chi connectivity index (χ2n) is 11.8. The Labute approximate surface area is 251 Å². The van der Waals surface area contributed by atoms with Crippen LogP contribution in [0.1, 0.15) is 54.9 Å². The number of carbonyl (C=O) groups is 1. The first-order chi connectivity index (χ1) is 20.5. The summed E-state index contributed by atoms with van der Waals surface area (Å²) < 4.78 is 11.9. The Morgan fingerprint density at radius 3 is 2.37 bits per heavy atom. The predicted molar refractivity (Wildman–Crippen MR) is 163 cm³/mol. The number of non-ortho nitro benzene ring substituents is 1. The van der Waals surface area contributed by atoms with Gasteiger partial charge in [0.15, 0.2) is 5.78 Å². The van der Waals surface area contributed by atoms with Crippen molar-refractivity contribution in [1.29, 1.82) is 5.26 Å². The van der Waals surface area contributed by atoms with Crippen molar-refractivity contribution in [3.8, 4) is 17.6 Å². The van der Waals surface area contributed by atoms with Gasteiger partial charge in [0.25, 0.3) is 5.69 Å². The molecule has 1 unspecified atom stereocenters. The summed E-state index contributed by atoms with van der Waals surface area (Å²) >= 11 is 0. The van der Waals surface area contributed by atoms with Crippen LogP contribution in [0.3, 0.4) is 0 Å². The molecule has 43 heavy (non-hydrogen) atoms. The van der Waals surface area contributed by atoms with Gasteiger partial charge in [-0.2, -0.15) is 5.26 Å². The Bertz CT molecular complexity index is 1710. The molecule has 1 aliphatic heterocycles. The van der Waals surface area contributed by atoms with Crippen molar-refractivity contribution in [1.82, 2.24) is 0 Å². The van der Waals surface area contributed by atoms with E-state index in [0.717, 1.165) is 28.0 Å². The highest BCUT2D eigenvalue weighted by atomic mass is 16.6. The number of nitrogens with zero attached hydrogens (tertiary/aromatic N) is 3. The Hall–Kier alpha value is -5.10. The lowest BCUT2D eigenvalue weighted by atomic mass is 9.68. The number of anilines is 1. The fraction of sp³-hybridized carbons (Fsp3) is 0.294. The summed E-state index contributed by atoms with van der Waals surface area (Å²) in [6, 6.07) is 19.8. The number of methoxy groups -OCH3 is 1. The number of ether oxygens (including phenoxy) is 2. The third kappa shape index (κ3) is 5.44. The van der Waals surface area contributed by atoms with Crippen molar-refractivity contribution in [2.75, 3.05) is 12.0 Å². The highest BCUT2D eigenvalue weighted by Crippen LogP contribution is 2.50. The van der Waals surface area contributed by atoms with Crippen LogP contribution in [-0.4, -0.2) is 17.8 Å². The molecule has 9 heteroatoms. The first-order valence-electron chi connectivity index (χ1n) is 14.0. The van der Waals surface area contributed by atoms with E-state index < -0.39 is 10.8 Å². The maximum atomic E-state index is 13.9. The van der Waals surface area contributed by atoms with Gasteiger partial charge in [-0.3, -0.25) is 19.8 Å². The molecular formula is C34H34N4O5. The van der Waals surface area contributed by atoms with Crippen LogP contribution >= 0.6 is 0 Å². The van der Waals surface area contributed by atoms with E-state index in [0.29, 0.717) is 35.5 Å². The number of carbonyl (C=O) groups excluding carboxylic acids is 1. The molecule has 0 bridgehead atoms. The van der Waals surface area contributed by atoms with Crippen molar-refractivity contribution in [2.24, 2.45) is 11.1 Å². The van der Waals surface area contributed by atoms with E-state index in [-0.39, 0.29) is 34.9 Å². The minimum atomic E-state index is -0.692. The first-order valence-corrected chi connectivity index (χ1v) is 14.0. The molecule has 1 atom stereocenters. The quantitative estimate of drug-likeness (QED) is 0.241. The van der Waals surface area contributed by atoms with Gasteiger partial charge in [0.2, 0.25) is 0 Å². The number of nitro groups is 1. The summed E-state index contributed by atoms with van der Waals surface area (Å²) in [5, 5.41) is 21.7. The second-order valence-corrected chi connectivity index (χ2v) is 11.8. The number of allylic oxidation sites excluding steroid dienone is 3. The van der Waals surface area contributed by atoms with Crippen molar-refractivity contribution >= 4 is 17.2 Å². The molecule has 9 nitrogen and oxygen atoms in total. The van der Waals surface area contributed by atoms with E-state index in [9.17, 15) is 20.2 Å². The predicted octanol–water partition coefficient (Wildman–Crippen LogP) is 6.74. The Morgan fingerprint density at radius 1 is 1.09 bits per heavy atom. The van der Waals surface area contributed by atoms with Crippen LogP contribution in [-0.2, 0) is 11.4 Å². The van der Waals surface area contributed by atoms with Gasteiger partial charge in [-0.15, -0.1) is 0 Å². The molecule has 0 aromatic heterocycles. The SMILES string of the molecule is COc1ccc(C2C(C#N)=C(N)N(c3ccc([N+](=O)[O-])cc3)C3=C2C(=O)CC(C)(C)C3)cc1COc1c(C)cccc1C. The fourth-order valence-corrected chi connectivity index (χ4v) is 6.13. The lowest BCUT2D eigenvalue weighted by molar-refractivity contribution is -0.384. The normalized spacial score (nSPS) is 17.8. The summed E-state index contributed by atoms with van der Waals surface area (Å²) in [6.45, 7) is 8.25. The van der Waals surface area contributed by atoms with Gasteiger partial charge in [0.05, 0.1) is 29.6 Å². The van der Waals surface area contributed by atoms with Crippen LogP contribution in [0.15, 0.2) is 83.3 Å². The standard InChI is InChI=1S/C34H34N4O5/c1-20-7-6-8-21(2)32(20)43-19-23-15-22(9-14-29(23)42-5)30-26(18-35)33(36)37(24-10-12-25(13-11-24)38(40)41)27-16-34(3,4)17-28(39)31(27)30/h6-15,30H,16-17,19,36H2,1-5H3. The molecule has 0 fully saturated rings. The van der Waals surface area contributed by atoms with E-state index in [1.165, 1.54) is 12.1 Å². The van der Waals surface area contributed by atoms with Gasteiger partial charge in [0.1, 0.15) is 23.9 Å². The molecule has 0 spiro atoms. The summed E-state index contributed by atoms with van der Waals surface area (Å²) in [6.07, 6.45) is 0.841. The van der Waals surface area contributed by atoms with Gasteiger partial charge in [0, 0.05) is 41.1 Å². The molecule has 5 rings (SSSR count). The van der Waals surface area contributed by atoms with Crippen molar-refractivity contribution in [2.45, 2.75) is 53.1 Å². The first kappa shape index (κ1) is 29.4. The number of aryl methyl sites for hydroxylation is 2. The number of benzene rings is 3. The lowest BCUT2D eigenvalue weighted by Gasteiger charge is -2.43. The van der Waals surface area contributed by atoms with Crippen LogP contribution in [0.25, 0.3) is 0 Å². The summed E-state index contributed by atoms with van der Waals surface area (Å²) in [5.41, 5.74) is 11.8. The van der Waals surface area contributed by atoms with E-state index in [4.69, 9.17) is 15.2 Å². The third-order valence-corrected chi connectivity index (χ3v) is 8.12. The number of ketones is 1. The maximum absolute atomic E-state index is 13.9. The number of hydrogen-bond donors (Lipinski definition) is 1. The number of nitriles is 1. The number of para-hydroxylation sites is 1. The molecule has 0 saturated heterocycles. The highest BCUT2D eigenvalue weighted by Gasteiger charge is 2.44. The topological polar surface area (TPSA) is 132 Å². The van der Waals surface area contributed by atoms with Crippen molar-refractivity contribution in [3.63, 3.8) is 0 Å². The second kappa shape index (κ2) is 11.3. The van der Waals surface area contributed by atoms with E-state index in [1.807, 2.05) is 64.1 Å². The number of nitrogens with two attached hydrogens (primary N) is 1. The Balaban J connectivity index is 1.64. The minimum absolute atomic E-state index is 0.0624. The minimum Gasteiger partial charge on any atom is -0.496 e. The van der Waals surface area contributed by atoms with Crippen LogP contribution in [0, 0.1) is 40.7 Å². The van der Waals surface area contributed by atoms with Crippen LogP contribution in [0.5, 0.6) is 11.5 Å². The van der Waals surface area contributed by atoms with Gasteiger partial charge in [-0.05, 0) is 66.6 Å².